The maximum Gasteiger partial charge on any atom is 0.155 e. The van der Waals surface area contributed by atoms with Crippen LogP contribution in [0.1, 0.15) is 37.4 Å². The third kappa shape index (κ3) is 3.88. The lowest BCUT2D eigenvalue weighted by molar-refractivity contribution is 0.0584. The van der Waals surface area contributed by atoms with Crippen LogP contribution in [0.15, 0.2) is 0 Å². The van der Waals surface area contributed by atoms with E-state index >= 15 is 0 Å². The van der Waals surface area contributed by atoms with Crippen LogP contribution in [-0.4, -0.2) is 30.3 Å². The van der Waals surface area contributed by atoms with Crippen LogP contribution in [-0.2, 0) is 28.9 Å². The number of hydrogen-bond donors (Lipinski definition) is 0. The van der Waals surface area contributed by atoms with Gasteiger partial charge in [-0.1, -0.05) is 25.4 Å². The van der Waals surface area contributed by atoms with Crippen molar-refractivity contribution in [2.24, 2.45) is 5.41 Å². The molecule has 2 rings (SSSR count). The predicted molar refractivity (Wildman–Crippen MR) is 74.4 cm³/mol. The Hall–Kier alpha value is -0.710. The molecule has 0 bridgehead atoms. The van der Waals surface area contributed by atoms with E-state index in [9.17, 15) is 0 Å². The summed E-state index contributed by atoms with van der Waals surface area (Å²) in [6, 6.07) is 0. The van der Waals surface area contributed by atoms with Gasteiger partial charge in [-0.3, -0.25) is 0 Å². The molecule has 5 heteroatoms. The van der Waals surface area contributed by atoms with Gasteiger partial charge in [0.2, 0.25) is 0 Å². The molecule has 0 amide bonds. The van der Waals surface area contributed by atoms with Crippen molar-refractivity contribution in [1.29, 1.82) is 0 Å². The highest BCUT2D eigenvalue weighted by Crippen LogP contribution is 2.36. The first-order chi connectivity index (χ1) is 9.02. The molecular weight excluding hydrogens is 264 g/mol. The minimum Gasteiger partial charge on any atom is -0.382 e. The van der Waals surface area contributed by atoms with Gasteiger partial charge in [-0.25, -0.2) is 9.97 Å². The molecule has 1 aliphatic rings. The molecule has 0 saturated heterocycles. The molecule has 1 aliphatic carbocycles. The Bertz CT molecular complexity index is 449. The van der Waals surface area contributed by atoms with E-state index in [1.54, 1.807) is 7.11 Å². The smallest absolute Gasteiger partial charge is 0.155 e. The third-order valence-corrected chi connectivity index (χ3v) is 3.76. The Morgan fingerprint density at radius 1 is 1.26 bits per heavy atom. The van der Waals surface area contributed by atoms with Crippen molar-refractivity contribution >= 4 is 11.6 Å². The summed E-state index contributed by atoms with van der Waals surface area (Å²) in [4.78, 5) is 8.91. The summed E-state index contributed by atoms with van der Waals surface area (Å²) in [7, 11) is 1.65. The van der Waals surface area contributed by atoms with Crippen molar-refractivity contribution in [3.63, 3.8) is 0 Å². The highest BCUT2D eigenvalue weighted by atomic mass is 35.5. The molecule has 0 aliphatic heterocycles. The van der Waals surface area contributed by atoms with Crippen LogP contribution in [0.4, 0.5) is 0 Å². The summed E-state index contributed by atoms with van der Waals surface area (Å²) in [6.45, 7) is 6.02. The average Bonchev–Trinajstić information content (AvgIpc) is 2.35. The lowest BCUT2D eigenvalue weighted by atomic mass is 9.76. The Morgan fingerprint density at radius 2 is 2.05 bits per heavy atom. The molecule has 0 N–H and O–H groups in total. The number of halogens is 1. The monoisotopic (exact) mass is 284 g/mol. The fourth-order valence-corrected chi connectivity index (χ4v) is 2.60. The van der Waals surface area contributed by atoms with E-state index in [1.807, 2.05) is 0 Å². The first-order valence-electron chi connectivity index (χ1n) is 6.63. The van der Waals surface area contributed by atoms with Gasteiger partial charge in [-0.2, -0.15) is 0 Å². The zero-order chi connectivity index (χ0) is 13.9. The van der Waals surface area contributed by atoms with Crippen molar-refractivity contribution < 1.29 is 9.47 Å². The SMILES string of the molecule is COCCOCc1nc(Cl)c2c(n1)CCC(C)(C)C2. The minimum absolute atomic E-state index is 0.288. The van der Waals surface area contributed by atoms with Gasteiger partial charge >= 0.3 is 0 Å². The molecule has 19 heavy (non-hydrogen) atoms. The van der Waals surface area contributed by atoms with Crippen LogP contribution >= 0.6 is 11.6 Å². The Labute approximate surface area is 119 Å². The van der Waals surface area contributed by atoms with Gasteiger partial charge < -0.3 is 9.47 Å². The Balaban J connectivity index is 2.07. The number of methoxy groups -OCH3 is 1. The van der Waals surface area contributed by atoms with Crippen LogP contribution in [0, 0.1) is 5.41 Å². The number of fused-ring (bicyclic) bond motifs is 1. The molecule has 0 fully saturated rings. The molecule has 0 unspecified atom stereocenters. The number of aromatic nitrogens is 2. The van der Waals surface area contributed by atoms with Gasteiger partial charge in [-0.05, 0) is 24.7 Å². The quantitative estimate of drug-likeness (QED) is 0.616. The largest absolute Gasteiger partial charge is 0.382 e. The number of ether oxygens (including phenoxy) is 2. The standard InChI is InChI=1S/C14H21ClN2O2/c1-14(2)5-4-11-10(8-14)13(15)17-12(16-11)9-19-7-6-18-3/h4-9H2,1-3H3. The molecule has 1 aromatic heterocycles. The number of nitrogens with zero attached hydrogens (tertiary/aromatic N) is 2. The van der Waals surface area contributed by atoms with Gasteiger partial charge in [-0.15, -0.1) is 0 Å². The van der Waals surface area contributed by atoms with E-state index in [4.69, 9.17) is 21.1 Å². The van der Waals surface area contributed by atoms with E-state index in [0.29, 0.717) is 30.8 Å². The van der Waals surface area contributed by atoms with E-state index in [2.05, 4.69) is 23.8 Å². The minimum atomic E-state index is 0.288. The molecule has 106 valence electrons. The topological polar surface area (TPSA) is 44.2 Å². The highest BCUT2D eigenvalue weighted by Gasteiger charge is 2.28. The Morgan fingerprint density at radius 3 is 2.79 bits per heavy atom. The fourth-order valence-electron chi connectivity index (χ4n) is 2.32. The van der Waals surface area contributed by atoms with Gasteiger partial charge in [0.25, 0.3) is 0 Å². The van der Waals surface area contributed by atoms with Gasteiger partial charge in [0.1, 0.15) is 11.8 Å². The maximum absolute atomic E-state index is 6.28. The van der Waals surface area contributed by atoms with E-state index < -0.39 is 0 Å². The lowest BCUT2D eigenvalue weighted by Crippen LogP contribution is -2.24. The first kappa shape index (κ1) is 14.7. The van der Waals surface area contributed by atoms with Crippen molar-refractivity contribution in [3.05, 3.63) is 22.2 Å². The number of aryl methyl sites for hydroxylation is 1. The Kier molecular flexibility index (Phi) is 4.76. The summed E-state index contributed by atoms with van der Waals surface area (Å²) in [6.07, 6.45) is 3.05. The second kappa shape index (κ2) is 6.16. The molecule has 0 saturated carbocycles. The normalized spacial score (nSPS) is 17.3. The summed E-state index contributed by atoms with van der Waals surface area (Å²) in [5.41, 5.74) is 2.49. The van der Waals surface area contributed by atoms with Gasteiger partial charge in [0.05, 0.1) is 13.2 Å². The molecule has 0 radical (unpaired) electrons. The second-order valence-electron chi connectivity index (χ2n) is 5.74. The van der Waals surface area contributed by atoms with Crippen LogP contribution in [0.2, 0.25) is 5.15 Å². The molecule has 1 heterocycles. The van der Waals surface area contributed by atoms with Crippen molar-refractivity contribution in [1.82, 2.24) is 9.97 Å². The fraction of sp³-hybridized carbons (Fsp3) is 0.714. The predicted octanol–water partition coefficient (Wildman–Crippen LogP) is 2.81. The van der Waals surface area contributed by atoms with Crippen LogP contribution in [0.25, 0.3) is 0 Å². The second-order valence-corrected chi connectivity index (χ2v) is 6.10. The zero-order valence-electron chi connectivity index (χ0n) is 11.8. The van der Waals surface area contributed by atoms with Gasteiger partial charge in [0.15, 0.2) is 5.82 Å². The van der Waals surface area contributed by atoms with Crippen LogP contribution < -0.4 is 0 Å². The van der Waals surface area contributed by atoms with Crippen LogP contribution in [0.3, 0.4) is 0 Å². The first-order valence-corrected chi connectivity index (χ1v) is 7.00. The molecule has 1 aromatic rings. The molecule has 0 aromatic carbocycles. The van der Waals surface area contributed by atoms with Crippen molar-refractivity contribution in [2.45, 2.75) is 39.7 Å². The molecule has 0 atom stereocenters. The lowest BCUT2D eigenvalue weighted by Gasteiger charge is -2.31. The molecule has 4 nitrogen and oxygen atoms in total. The molecule has 0 spiro atoms. The highest BCUT2D eigenvalue weighted by molar-refractivity contribution is 6.30. The van der Waals surface area contributed by atoms with E-state index in [1.165, 1.54) is 0 Å². The summed E-state index contributed by atoms with van der Waals surface area (Å²) in [5, 5.41) is 0.586. The van der Waals surface area contributed by atoms with E-state index in [0.717, 1.165) is 30.5 Å². The van der Waals surface area contributed by atoms with Crippen molar-refractivity contribution in [3.8, 4) is 0 Å². The number of rotatable bonds is 5. The van der Waals surface area contributed by atoms with Crippen molar-refractivity contribution in [2.75, 3.05) is 20.3 Å². The summed E-state index contributed by atoms with van der Waals surface area (Å²) in [5.74, 6) is 0.666. The average molecular weight is 285 g/mol. The summed E-state index contributed by atoms with van der Waals surface area (Å²) < 4.78 is 10.4. The van der Waals surface area contributed by atoms with Crippen LogP contribution in [0.5, 0.6) is 0 Å². The number of hydrogen-bond acceptors (Lipinski definition) is 4. The van der Waals surface area contributed by atoms with Gasteiger partial charge in [0, 0.05) is 18.4 Å². The molecular formula is C14H21ClN2O2. The third-order valence-electron chi connectivity index (χ3n) is 3.45. The maximum atomic E-state index is 6.28. The van der Waals surface area contributed by atoms with E-state index in [-0.39, 0.29) is 5.41 Å². The zero-order valence-corrected chi connectivity index (χ0v) is 12.6. The summed E-state index contributed by atoms with van der Waals surface area (Å²) >= 11 is 6.28.